The van der Waals surface area contributed by atoms with Gasteiger partial charge in [0.15, 0.2) is 18.3 Å². The van der Waals surface area contributed by atoms with Crippen molar-refractivity contribution in [2.75, 3.05) is 19.8 Å². The van der Waals surface area contributed by atoms with Crippen molar-refractivity contribution in [1.82, 2.24) is 0 Å². The molecular formula is C38H62O18. The molecule has 2 aliphatic rings. The lowest BCUT2D eigenvalue weighted by Gasteiger charge is -2.47. The van der Waals surface area contributed by atoms with Gasteiger partial charge in [0.2, 0.25) is 12.1 Å². The van der Waals surface area contributed by atoms with Crippen molar-refractivity contribution >= 4 is 35.8 Å². The Morgan fingerprint density at radius 1 is 0.714 bits per heavy atom. The van der Waals surface area contributed by atoms with Crippen molar-refractivity contribution in [1.29, 1.82) is 0 Å². The highest BCUT2D eigenvalue weighted by molar-refractivity contribution is 5.90. The molecule has 4 N–H and O–H groups in total. The molecule has 2 rings (SSSR count). The molecule has 0 saturated carbocycles. The van der Waals surface area contributed by atoms with Gasteiger partial charge in [-0.2, -0.15) is 0 Å². The van der Waals surface area contributed by atoms with Crippen LogP contribution in [-0.2, 0) is 66.7 Å². The molecule has 18 heteroatoms. The van der Waals surface area contributed by atoms with E-state index in [1.807, 2.05) is 13.8 Å². The second-order valence-corrected chi connectivity index (χ2v) is 14.9. The van der Waals surface area contributed by atoms with Crippen LogP contribution < -0.4 is 0 Å². The highest BCUT2D eigenvalue weighted by Gasteiger charge is 2.61. The summed E-state index contributed by atoms with van der Waals surface area (Å²) in [4.78, 5) is 76.9. The van der Waals surface area contributed by atoms with Crippen LogP contribution in [-0.4, -0.2) is 131 Å². The number of esters is 5. The number of aliphatic hydroxyl groups excluding tert-OH is 3. The largest absolute Gasteiger partial charge is 0.481 e. The van der Waals surface area contributed by atoms with E-state index in [0.717, 1.165) is 6.42 Å². The number of hydrogen-bond acceptors (Lipinski definition) is 17. The molecule has 0 spiro atoms. The SMILES string of the molecule is CCC(C)C(=O)OC[C@H]1O[C@H](O[C@]2(COC(=O)CC(=O)O)O[C@H](CO)[C@@H](O)[C@@H]2O)[C@H](OC(=O)C(C)CC)[C@@H](OC(=O)CCCCC(C)C)[C@@H]1OC(=O)C(C)CC. The van der Waals surface area contributed by atoms with Crippen molar-refractivity contribution in [3.8, 4) is 0 Å². The lowest BCUT2D eigenvalue weighted by atomic mass is 9.96. The maximum Gasteiger partial charge on any atom is 0.317 e. The molecule has 2 saturated heterocycles. The predicted molar refractivity (Wildman–Crippen MR) is 192 cm³/mol. The van der Waals surface area contributed by atoms with E-state index < -0.39 is 135 Å². The highest BCUT2D eigenvalue weighted by Crippen LogP contribution is 2.39. The number of carboxylic acids is 1. The first-order valence-electron chi connectivity index (χ1n) is 19.5. The molecule has 56 heavy (non-hydrogen) atoms. The molecule has 2 heterocycles. The third kappa shape index (κ3) is 13.9. The minimum Gasteiger partial charge on any atom is -0.481 e. The maximum absolute atomic E-state index is 13.6. The average Bonchev–Trinajstić information content (AvgIpc) is 3.39. The standard InChI is InChI=1S/C38H62O18/c1-9-21(6)34(46)49-18-25-30(53-35(47)22(7)10-2)31(52-27(42)15-13-12-14-20(4)5)32(54-36(48)23(8)11-3)37(51-25)56-38(19-50-28(43)16-26(40)41)33(45)29(44)24(17-39)55-38/h20-25,29-33,37,39,44-45H,9-19H2,1-8H3,(H,40,41)/t21?,22?,23?,24-,25-,29-,30-,31+,32-,33+,37-,38+/m1/s1. The molecule has 0 bridgehead atoms. The predicted octanol–water partition coefficient (Wildman–Crippen LogP) is 2.19. The van der Waals surface area contributed by atoms with Crippen LogP contribution >= 0.6 is 0 Å². The number of aliphatic hydroxyl groups is 3. The minimum absolute atomic E-state index is 0.0863. The number of carbonyl (C=O) groups excluding carboxylic acids is 5. The molecule has 322 valence electrons. The molecule has 0 aromatic rings. The van der Waals surface area contributed by atoms with Gasteiger partial charge in [0, 0.05) is 6.42 Å². The monoisotopic (exact) mass is 806 g/mol. The molecule has 12 atom stereocenters. The zero-order valence-corrected chi connectivity index (χ0v) is 33.7. The first-order valence-corrected chi connectivity index (χ1v) is 19.5. The van der Waals surface area contributed by atoms with Crippen LogP contribution in [0, 0.1) is 23.7 Å². The summed E-state index contributed by atoms with van der Waals surface area (Å²) in [6.07, 6.45) is -12.3. The van der Waals surface area contributed by atoms with Gasteiger partial charge < -0.3 is 58.3 Å². The van der Waals surface area contributed by atoms with Crippen LogP contribution in [0.2, 0.25) is 0 Å². The molecule has 0 aliphatic carbocycles. The second kappa shape index (κ2) is 23.1. The Morgan fingerprint density at radius 2 is 1.29 bits per heavy atom. The molecule has 3 unspecified atom stereocenters. The smallest absolute Gasteiger partial charge is 0.317 e. The van der Waals surface area contributed by atoms with Crippen LogP contribution in [0.3, 0.4) is 0 Å². The third-order valence-electron chi connectivity index (χ3n) is 9.94. The number of unbranched alkanes of at least 4 members (excludes halogenated alkanes) is 1. The summed E-state index contributed by atoms with van der Waals surface area (Å²) < 4.78 is 46.6. The quantitative estimate of drug-likeness (QED) is 0.0499. The van der Waals surface area contributed by atoms with E-state index in [2.05, 4.69) is 0 Å². The van der Waals surface area contributed by atoms with Gasteiger partial charge in [-0.05, 0) is 31.6 Å². The zero-order valence-electron chi connectivity index (χ0n) is 33.7. The average molecular weight is 807 g/mol. The zero-order chi connectivity index (χ0) is 42.3. The van der Waals surface area contributed by atoms with Gasteiger partial charge in [-0.15, -0.1) is 0 Å². The number of hydrogen-bond donors (Lipinski definition) is 4. The Hall–Kier alpha value is -3.42. The van der Waals surface area contributed by atoms with Crippen molar-refractivity contribution in [2.24, 2.45) is 23.7 Å². The first kappa shape index (κ1) is 48.7. The van der Waals surface area contributed by atoms with Gasteiger partial charge in [-0.1, -0.05) is 68.2 Å². The summed E-state index contributed by atoms with van der Waals surface area (Å²) >= 11 is 0. The molecule has 0 radical (unpaired) electrons. The van der Waals surface area contributed by atoms with Gasteiger partial charge in [-0.25, -0.2) is 0 Å². The van der Waals surface area contributed by atoms with E-state index in [4.69, 9.17) is 43.0 Å². The fourth-order valence-corrected chi connectivity index (χ4v) is 5.66. The van der Waals surface area contributed by atoms with Gasteiger partial charge >= 0.3 is 35.8 Å². The van der Waals surface area contributed by atoms with Crippen molar-refractivity contribution in [3.05, 3.63) is 0 Å². The Kier molecular flexibility index (Phi) is 20.1. The Balaban J connectivity index is 2.78. The van der Waals surface area contributed by atoms with E-state index in [9.17, 15) is 44.1 Å². The van der Waals surface area contributed by atoms with E-state index in [0.29, 0.717) is 38.0 Å². The van der Waals surface area contributed by atoms with Gasteiger partial charge in [0.1, 0.15) is 44.1 Å². The van der Waals surface area contributed by atoms with Gasteiger partial charge in [0.25, 0.3) is 0 Å². The molecule has 2 aliphatic heterocycles. The Labute approximate surface area is 327 Å². The number of rotatable bonds is 23. The summed E-state index contributed by atoms with van der Waals surface area (Å²) in [5.41, 5.74) is 0. The number of carbonyl (C=O) groups is 6. The normalized spacial score (nSPS) is 29.1. The second-order valence-electron chi connectivity index (χ2n) is 14.9. The van der Waals surface area contributed by atoms with E-state index in [1.54, 1.807) is 41.5 Å². The highest BCUT2D eigenvalue weighted by atomic mass is 16.8. The topological polar surface area (TPSA) is 257 Å². The number of ether oxygens (including phenoxy) is 8. The van der Waals surface area contributed by atoms with Crippen LogP contribution in [0.5, 0.6) is 0 Å². The minimum atomic E-state index is -2.63. The van der Waals surface area contributed by atoms with Gasteiger partial charge in [0.05, 0.1) is 24.4 Å². The summed E-state index contributed by atoms with van der Waals surface area (Å²) in [6.45, 7) is 11.5. The number of aliphatic carboxylic acids is 1. The molecule has 18 nitrogen and oxygen atoms in total. The molecule has 0 aromatic heterocycles. The van der Waals surface area contributed by atoms with Crippen molar-refractivity contribution < 1.29 is 87.1 Å². The fraction of sp³-hybridized carbons (Fsp3) is 0.842. The Bertz CT molecular complexity index is 1310. The molecule has 0 amide bonds. The molecule has 2 fully saturated rings. The molecular weight excluding hydrogens is 744 g/mol. The lowest BCUT2D eigenvalue weighted by Crippen LogP contribution is -2.66. The molecule has 0 aromatic carbocycles. The maximum atomic E-state index is 13.6. The summed E-state index contributed by atoms with van der Waals surface area (Å²) in [6, 6.07) is 0. The van der Waals surface area contributed by atoms with Crippen LogP contribution in [0.15, 0.2) is 0 Å². The third-order valence-corrected chi connectivity index (χ3v) is 9.94. The first-order chi connectivity index (χ1) is 26.3. The van der Waals surface area contributed by atoms with Gasteiger partial charge in [-0.3, -0.25) is 28.8 Å². The van der Waals surface area contributed by atoms with E-state index in [1.165, 1.54) is 0 Å². The van der Waals surface area contributed by atoms with Crippen molar-refractivity contribution in [3.63, 3.8) is 0 Å². The van der Waals surface area contributed by atoms with Crippen LogP contribution in [0.4, 0.5) is 0 Å². The summed E-state index contributed by atoms with van der Waals surface area (Å²) in [5.74, 6) is -10.0. The summed E-state index contributed by atoms with van der Waals surface area (Å²) in [7, 11) is 0. The van der Waals surface area contributed by atoms with Crippen molar-refractivity contribution in [2.45, 2.75) is 162 Å². The van der Waals surface area contributed by atoms with Crippen LogP contribution in [0.1, 0.15) is 107 Å². The van der Waals surface area contributed by atoms with Crippen LogP contribution in [0.25, 0.3) is 0 Å². The fourth-order valence-electron chi connectivity index (χ4n) is 5.66. The van der Waals surface area contributed by atoms with E-state index >= 15 is 0 Å². The summed E-state index contributed by atoms with van der Waals surface area (Å²) in [5, 5.41) is 41.1. The number of carboxylic acid groups (broad SMARTS) is 1. The van der Waals surface area contributed by atoms with E-state index in [-0.39, 0.29) is 6.42 Å². The Morgan fingerprint density at radius 3 is 1.80 bits per heavy atom. The lowest BCUT2D eigenvalue weighted by molar-refractivity contribution is -0.384.